The lowest BCUT2D eigenvalue weighted by Gasteiger charge is -2.34. The molecule has 2 heterocycles. The molecular weight excluding hydrogens is 285 g/mol. The van der Waals surface area contributed by atoms with Crippen molar-refractivity contribution in [3.63, 3.8) is 0 Å². The summed E-state index contributed by atoms with van der Waals surface area (Å²) in [7, 11) is 0. The Kier molecular flexibility index (Phi) is 4.36. The van der Waals surface area contributed by atoms with Gasteiger partial charge in [0.2, 0.25) is 0 Å². The third kappa shape index (κ3) is 3.44. The predicted molar refractivity (Wildman–Crippen MR) is 72.5 cm³/mol. The summed E-state index contributed by atoms with van der Waals surface area (Å²) >= 11 is 0. The van der Waals surface area contributed by atoms with E-state index in [0.29, 0.717) is 19.7 Å². The smallest absolute Gasteiger partial charge is 0.384 e. The number of rotatable bonds is 3. The molecule has 3 N–H and O–H groups in total. The Hall–Kier alpha value is -1.83. The fourth-order valence-electron chi connectivity index (χ4n) is 2.22. The summed E-state index contributed by atoms with van der Waals surface area (Å²) in [5, 5.41) is 7.52. The maximum atomic E-state index is 12.8. The van der Waals surface area contributed by atoms with Crippen LogP contribution < -0.4 is 10.6 Å². The normalized spacial score (nSPS) is 19.6. The zero-order valence-electron chi connectivity index (χ0n) is 11.6. The molecule has 1 fully saturated rings. The van der Waals surface area contributed by atoms with Crippen molar-refractivity contribution in [2.24, 2.45) is 5.73 Å². The molecular formula is C13H17F3N4O. The van der Waals surface area contributed by atoms with E-state index >= 15 is 0 Å². The highest BCUT2D eigenvalue weighted by Crippen LogP contribution is 2.31. The van der Waals surface area contributed by atoms with E-state index in [2.05, 4.69) is 4.98 Å². The fraction of sp³-hybridized carbons (Fsp3) is 0.538. The summed E-state index contributed by atoms with van der Waals surface area (Å²) in [5.41, 5.74) is 4.68. The molecule has 1 atom stereocenters. The molecule has 1 aromatic heterocycles. The van der Waals surface area contributed by atoms with Gasteiger partial charge in [0.15, 0.2) is 0 Å². The van der Waals surface area contributed by atoms with Crippen molar-refractivity contribution in [1.29, 1.82) is 5.41 Å². The Morgan fingerprint density at radius 2 is 2.24 bits per heavy atom. The highest BCUT2D eigenvalue weighted by atomic mass is 19.4. The maximum absolute atomic E-state index is 12.8. The molecule has 0 aliphatic carbocycles. The van der Waals surface area contributed by atoms with E-state index in [1.54, 1.807) is 4.90 Å². The van der Waals surface area contributed by atoms with Crippen LogP contribution >= 0.6 is 0 Å². The predicted octanol–water partition coefficient (Wildman–Crippen LogP) is 2.00. The first-order valence-electron chi connectivity index (χ1n) is 6.62. The third-order valence-electron chi connectivity index (χ3n) is 3.35. The molecule has 1 unspecified atom stereocenters. The monoisotopic (exact) mass is 302 g/mol. The number of halogens is 3. The van der Waals surface area contributed by atoms with Gasteiger partial charge in [-0.3, -0.25) is 5.41 Å². The average Bonchev–Trinajstić information content (AvgIpc) is 2.45. The van der Waals surface area contributed by atoms with Crippen LogP contribution in [0.15, 0.2) is 12.1 Å². The Morgan fingerprint density at radius 1 is 1.52 bits per heavy atom. The first-order valence-corrected chi connectivity index (χ1v) is 6.62. The lowest BCUT2D eigenvalue weighted by atomic mass is 10.1. The number of morpholine rings is 1. The van der Waals surface area contributed by atoms with Gasteiger partial charge in [0.05, 0.1) is 18.3 Å². The van der Waals surface area contributed by atoms with E-state index in [-0.39, 0.29) is 23.3 Å². The lowest BCUT2D eigenvalue weighted by molar-refractivity contribution is -0.141. The second-order valence-corrected chi connectivity index (χ2v) is 4.83. The minimum Gasteiger partial charge on any atom is -0.384 e. The highest BCUT2D eigenvalue weighted by molar-refractivity contribution is 5.99. The molecule has 0 radical (unpaired) electrons. The number of alkyl halides is 3. The van der Waals surface area contributed by atoms with Crippen LogP contribution in [-0.2, 0) is 10.9 Å². The van der Waals surface area contributed by atoms with Gasteiger partial charge in [0, 0.05) is 13.1 Å². The van der Waals surface area contributed by atoms with Crippen molar-refractivity contribution in [3.8, 4) is 0 Å². The van der Waals surface area contributed by atoms with Crippen LogP contribution in [0.25, 0.3) is 0 Å². The number of ether oxygens (including phenoxy) is 1. The first-order chi connectivity index (χ1) is 9.82. The molecule has 21 heavy (non-hydrogen) atoms. The Morgan fingerprint density at radius 3 is 2.81 bits per heavy atom. The quantitative estimate of drug-likeness (QED) is 0.661. The van der Waals surface area contributed by atoms with E-state index in [0.717, 1.165) is 12.5 Å². The van der Waals surface area contributed by atoms with E-state index in [1.165, 1.54) is 6.07 Å². The van der Waals surface area contributed by atoms with Gasteiger partial charge in [-0.05, 0) is 18.6 Å². The molecule has 0 amide bonds. The molecule has 0 spiro atoms. The van der Waals surface area contributed by atoms with Crippen LogP contribution in [0.1, 0.15) is 24.6 Å². The number of hydrogen-bond acceptors (Lipinski definition) is 4. The average molecular weight is 302 g/mol. The SMILES string of the molecule is CCC1CN(c2nc(C(F)(F)F)ccc2C(=N)N)CCO1. The third-order valence-corrected chi connectivity index (χ3v) is 3.35. The topological polar surface area (TPSA) is 75.2 Å². The van der Waals surface area contributed by atoms with Crippen molar-refractivity contribution in [1.82, 2.24) is 4.98 Å². The van der Waals surface area contributed by atoms with E-state index < -0.39 is 11.9 Å². The van der Waals surface area contributed by atoms with Gasteiger partial charge in [-0.25, -0.2) is 4.98 Å². The van der Waals surface area contributed by atoms with E-state index in [4.69, 9.17) is 15.9 Å². The van der Waals surface area contributed by atoms with Crippen molar-refractivity contribution in [3.05, 3.63) is 23.4 Å². The van der Waals surface area contributed by atoms with Gasteiger partial charge in [-0.2, -0.15) is 13.2 Å². The molecule has 2 rings (SSSR count). The first kappa shape index (κ1) is 15.6. The summed E-state index contributed by atoms with van der Waals surface area (Å²) in [6, 6.07) is 2.04. The van der Waals surface area contributed by atoms with Gasteiger partial charge < -0.3 is 15.4 Å². The molecule has 0 saturated carbocycles. The van der Waals surface area contributed by atoms with Crippen LogP contribution in [0, 0.1) is 5.41 Å². The van der Waals surface area contributed by atoms with Crippen molar-refractivity contribution < 1.29 is 17.9 Å². The van der Waals surface area contributed by atoms with Crippen LogP contribution in [0.2, 0.25) is 0 Å². The van der Waals surface area contributed by atoms with Crippen molar-refractivity contribution in [2.45, 2.75) is 25.6 Å². The standard InChI is InChI=1S/C13H17F3N4O/c1-2-8-7-20(5-6-21-8)12-9(11(17)18)3-4-10(19-12)13(14,15)16/h3-4,8H,2,5-7H2,1H3,(H3,17,18). The molecule has 5 nitrogen and oxygen atoms in total. The maximum Gasteiger partial charge on any atom is 0.433 e. The summed E-state index contributed by atoms with van der Waals surface area (Å²) in [5.74, 6) is -0.204. The Labute approximate surface area is 120 Å². The Balaban J connectivity index is 2.41. The second-order valence-electron chi connectivity index (χ2n) is 4.83. The van der Waals surface area contributed by atoms with Crippen LogP contribution in [0.4, 0.5) is 19.0 Å². The van der Waals surface area contributed by atoms with Gasteiger partial charge in [0.1, 0.15) is 17.3 Å². The van der Waals surface area contributed by atoms with Crippen molar-refractivity contribution in [2.75, 3.05) is 24.6 Å². The van der Waals surface area contributed by atoms with Gasteiger partial charge in [-0.1, -0.05) is 6.92 Å². The molecule has 8 heteroatoms. The van der Waals surface area contributed by atoms with Crippen LogP contribution in [0.3, 0.4) is 0 Å². The zero-order chi connectivity index (χ0) is 15.6. The number of nitrogens with two attached hydrogens (primary N) is 1. The fourth-order valence-corrected chi connectivity index (χ4v) is 2.22. The number of nitrogens with one attached hydrogen (secondary N) is 1. The zero-order valence-corrected chi connectivity index (χ0v) is 11.6. The number of anilines is 1. The number of nitrogen functional groups attached to an aromatic ring is 1. The number of pyridine rings is 1. The lowest BCUT2D eigenvalue weighted by Crippen LogP contribution is -2.43. The summed E-state index contributed by atoms with van der Waals surface area (Å²) in [6.45, 7) is 3.21. The van der Waals surface area contributed by atoms with Gasteiger partial charge in [-0.15, -0.1) is 0 Å². The number of amidine groups is 1. The number of hydrogen-bond donors (Lipinski definition) is 2. The molecule has 1 aliphatic heterocycles. The summed E-state index contributed by atoms with van der Waals surface area (Å²) in [6.07, 6.45) is -3.83. The molecule has 116 valence electrons. The van der Waals surface area contributed by atoms with Gasteiger partial charge in [0.25, 0.3) is 0 Å². The van der Waals surface area contributed by atoms with Crippen LogP contribution in [-0.4, -0.2) is 36.6 Å². The molecule has 0 bridgehead atoms. The second kappa shape index (κ2) is 5.88. The van der Waals surface area contributed by atoms with E-state index in [1.807, 2.05) is 6.92 Å². The summed E-state index contributed by atoms with van der Waals surface area (Å²) < 4.78 is 44.0. The minimum atomic E-state index is -4.53. The molecule has 1 saturated heterocycles. The number of nitrogens with zero attached hydrogens (tertiary/aromatic N) is 2. The molecule has 1 aliphatic rings. The number of aromatic nitrogens is 1. The minimum absolute atomic E-state index is 0.0603. The summed E-state index contributed by atoms with van der Waals surface area (Å²) in [4.78, 5) is 5.38. The largest absolute Gasteiger partial charge is 0.433 e. The van der Waals surface area contributed by atoms with Crippen molar-refractivity contribution >= 4 is 11.7 Å². The van der Waals surface area contributed by atoms with Gasteiger partial charge >= 0.3 is 6.18 Å². The Bertz CT molecular complexity index is 533. The molecule has 1 aromatic rings. The van der Waals surface area contributed by atoms with Crippen LogP contribution in [0.5, 0.6) is 0 Å². The van der Waals surface area contributed by atoms with E-state index in [9.17, 15) is 13.2 Å². The highest BCUT2D eigenvalue weighted by Gasteiger charge is 2.34. The molecule has 0 aromatic carbocycles.